The van der Waals surface area contributed by atoms with Crippen LogP contribution in [0.3, 0.4) is 0 Å². The lowest BCUT2D eigenvalue weighted by Gasteiger charge is -2.24. The Labute approximate surface area is 196 Å². The van der Waals surface area contributed by atoms with Crippen molar-refractivity contribution < 1.29 is 17.9 Å². The third-order valence-corrected chi connectivity index (χ3v) is 7.52. The molecule has 3 aromatic carbocycles. The summed E-state index contributed by atoms with van der Waals surface area (Å²) in [6.07, 6.45) is 0. The first-order chi connectivity index (χ1) is 15.9. The Bertz CT molecular complexity index is 1120. The number of nitrogens with zero attached hydrogens (tertiary/aromatic N) is 2. The third-order valence-electron chi connectivity index (χ3n) is 5.45. The van der Waals surface area contributed by atoms with Gasteiger partial charge in [-0.2, -0.15) is 4.31 Å². The Morgan fingerprint density at radius 1 is 0.818 bits per heavy atom. The second-order valence-electron chi connectivity index (χ2n) is 7.59. The summed E-state index contributed by atoms with van der Waals surface area (Å²) >= 11 is 0. The summed E-state index contributed by atoms with van der Waals surface area (Å²) in [4.78, 5) is 15.3. The van der Waals surface area contributed by atoms with E-state index < -0.39 is 10.0 Å². The van der Waals surface area contributed by atoms with Gasteiger partial charge in [0.25, 0.3) is 5.91 Å². The highest BCUT2D eigenvalue weighted by molar-refractivity contribution is 7.89. The highest BCUT2D eigenvalue weighted by Crippen LogP contribution is 2.29. The molecule has 0 saturated carbocycles. The lowest BCUT2D eigenvalue weighted by atomic mass is 10.1. The zero-order valence-electron chi connectivity index (χ0n) is 19.3. The minimum atomic E-state index is -3.81. The van der Waals surface area contributed by atoms with Crippen LogP contribution in [-0.2, 0) is 23.1 Å². The van der Waals surface area contributed by atoms with E-state index in [9.17, 15) is 13.2 Å². The van der Waals surface area contributed by atoms with Crippen molar-refractivity contribution in [2.45, 2.75) is 31.8 Å². The van der Waals surface area contributed by atoms with Crippen molar-refractivity contribution >= 4 is 15.9 Å². The van der Waals surface area contributed by atoms with Gasteiger partial charge in [0.1, 0.15) is 10.6 Å². The molecule has 0 saturated heterocycles. The fraction of sp³-hybridized carbons (Fsp3) is 0.269. The van der Waals surface area contributed by atoms with Crippen molar-refractivity contribution in [2.75, 3.05) is 20.2 Å². The van der Waals surface area contributed by atoms with Gasteiger partial charge < -0.3 is 9.64 Å². The fourth-order valence-electron chi connectivity index (χ4n) is 3.70. The van der Waals surface area contributed by atoms with Crippen molar-refractivity contribution in [3.63, 3.8) is 0 Å². The van der Waals surface area contributed by atoms with E-state index in [2.05, 4.69) is 0 Å². The van der Waals surface area contributed by atoms with Gasteiger partial charge in [-0.1, -0.05) is 74.5 Å². The zero-order chi connectivity index (χ0) is 23.8. The van der Waals surface area contributed by atoms with Crippen LogP contribution in [0.1, 0.15) is 35.3 Å². The van der Waals surface area contributed by atoms with Crippen molar-refractivity contribution in [1.29, 1.82) is 0 Å². The molecule has 7 heteroatoms. The standard InChI is InChI=1S/C26H30N2O4S/c1-4-28(5-2)33(30,31)25-18-23(16-17-24(25)32-3)26(29)27(19-21-12-8-6-9-13-21)20-22-14-10-7-11-15-22/h6-18H,4-5,19-20H2,1-3H3. The predicted molar refractivity (Wildman–Crippen MR) is 130 cm³/mol. The molecule has 0 bridgehead atoms. The van der Waals surface area contributed by atoms with E-state index in [0.717, 1.165) is 11.1 Å². The number of benzene rings is 3. The molecule has 3 rings (SSSR count). The minimum absolute atomic E-state index is 0.000998. The molecule has 0 aliphatic rings. The summed E-state index contributed by atoms with van der Waals surface area (Å²) < 4.78 is 33.1. The van der Waals surface area contributed by atoms with Gasteiger partial charge in [0, 0.05) is 31.7 Å². The number of amides is 1. The molecule has 0 spiro atoms. The lowest BCUT2D eigenvalue weighted by molar-refractivity contribution is 0.0729. The molecule has 0 aromatic heterocycles. The Kier molecular flexibility index (Phi) is 8.25. The van der Waals surface area contributed by atoms with E-state index in [4.69, 9.17) is 4.74 Å². The summed E-state index contributed by atoms with van der Waals surface area (Å²) in [5.74, 6) is -0.0301. The van der Waals surface area contributed by atoms with Crippen LogP contribution in [0.2, 0.25) is 0 Å². The Morgan fingerprint density at radius 2 is 1.33 bits per heavy atom. The molecule has 0 unspecified atom stereocenters. The zero-order valence-corrected chi connectivity index (χ0v) is 20.1. The smallest absolute Gasteiger partial charge is 0.254 e. The topological polar surface area (TPSA) is 66.9 Å². The highest BCUT2D eigenvalue weighted by Gasteiger charge is 2.28. The third kappa shape index (κ3) is 5.80. The maximum absolute atomic E-state index is 13.6. The highest BCUT2D eigenvalue weighted by atomic mass is 32.2. The van der Waals surface area contributed by atoms with Gasteiger partial charge in [0.15, 0.2) is 0 Å². The molecule has 6 nitrogen and oxygen atoms in total. The van der Waals surface area contributed by atoms with E-state index in [1.165, 1.54) is 17.5 Å². The normalized spacial score (nSPS) is 11.4. The number of carbonyl (C=O) groups excluding carboxylic acids is 1. The number of hydrogen-bond donors (Lipinski definition) is 0. The van der Waals surface area contributed by atoms with Crippen molar-refractivity contribution in [3.8, 4) is 5.75 Å². The van der Waals surface area contributed by atoms with Crippen molar-refractivity contribution in [1.82, 2.24) is 9.21 Å². The van der Waals surface area contributed by atoms with Crippen molar-refractivity contribution in [3.05, 3.63) is 95.6 Å². The summed E-state index contributed by atoms with van der Waals surface area (Å²) in [5.41, 5.74) is 2.28. The van der Waals surface area contributed by atoms with Crippen LogP contribution in [-0.4, -0.2) is 43.7 Å². The molecule has 0 N–H and O–H groups in total. The second-order valence-corrected chi connectivity index (χ2v) is 9.49. The summed E-state index contributed by atoms with van der Waals surface area (Å²) in [7, 11) is -2.38. The molecule has 3 aromatic rings. The number of sulfonamides is 1. The molecular weight excluding hydrogens is 436 g/mol. The molecule has 1 amide bonds. The Hall–Kier alpha value is -3.16. The van der Waals surface area contributed by atoms with Crippen LogP contribution in [0.25, 0.3) is 0 Å². The first-order valence-corrected chi connectivity index (χ1v) is 12.4. The van der Waals surface area contributed by atoms with E-state index in [-0.39, 0.29) is 16.6 Å². The predicted octanol–water partition coefficient (Wildman–Crippen LogP) is 4.57. The fourth-order valence-corrected chi connectivity index (χ4v) is 5.34. The molecular formula is C26H30N2O4S. The molecule has 33 heavy (non-hydrogen) atoms. The van der Waals surface area contributed by atoms with Gasteiger partial charge in [-0.25, -0.2) is 8.42 Å². The molecule has 0 fully saturated rings. The van der Waals surface area contributed by atoms with E-state index in [1.807, 2.05) is 60.7 Å². The van der Waals surface area contributed by atoms with E-state index in [1.54, 1.807) is 30.9 Å². The molecule has 174 valence electrons. The monoisotopic (exact) mass is 466 g/mol. The Morgan fingerprint density at radius 3 is 1.79 bits per heavy atom. The largest absolute Gasteiger partial charge is 0.495 e. The van der Waals surface area contributed by atoms with Crippen molar-refractivity contribution in [2.24, 2.45) is 0 Å². The van der Waals surface area contributed by atoms with Crippen LogP contribution in [0.15, 0.2) is 83.8 Å². The van der Waals surface area contributed by atoms with Gasteiger partial charge in [-0.15, -0.1) is 0 Å². The van der Waals surface area contributed by atoms with Gasteiger partial charge in [-0.05, 0) is 29.3 Å². The molecule has 0 atom stereocenters. The van der Waals surface area contributed by atoms with Crippen LogP contribution >= 0.6 is 0 Å². The maximum Gasteiger partial charge on any atom is 0.254 e. The maximum atomic E-state index is 13.6. The number of rotatable bonds is 10. The lowest BCUT2D eigenvalue weighted by Crippen LogP contribution is -2.32. The van der Waals surface area contributed by atoms with E-state index >= 15 is 0 Å². The SMILES string of the molecule is CCN(CC)S(=O)(=O)c1cc(C(=O)N(Cc2ccccc2)Cc2ccccc2)ccc1OC. The summed E-state index contributed by atoms with van der Waals surface area (Å²) in [6.45, 7) is 5.02. The Balaban J connectivity index is 2.01. The minimum Gasteiger partial charge on any atom is -0.495 e. The van der Waals surface area contributed by atoms with Gasteiger partial charge in [0.2, 0.25) is 10.0 Å². The van der Waals surface area contributed by atoms with Gasteiger partial charge >= 0.3 is 0 Å². The molecule has 0 radical (unpaired) electrons. The van der Waals surface area contributed by atoms with Gasteiger partial charge in [-0.3, -0.25) is 4.79 Å². The average molecular weight is 467 g/mol. The quantitative estimate of drug-likeness (QED) is 0.439. The van der Waals surface area contributed by atoms with E-state index in [0.29, 0.717) is 31.7 Å². The van der Waals surface area contributed by atoms with Crippen LogP contribution in [0.4, 0.5) is 0 Å². The summed E-state index contributed by atoms with van der Waals surface area (Å²) in [6, 6.07) is 24.1. The van der Waals surface area contributed by atoms with Crippen LogP contribution in [0, 0.1) is 0 Å². The second kappa shape index (κ2) is 11.1. The number of methoxy groups -OCH3 is 1. The average Bonchev–Trinajstić information content (AvgIpc) is 2.84. The number of ether oxygens (including phenoxy) is 1. The molecule has 0 aliphatic carbocycles. The first-order valence-electron chi connectivity index (χ1n) is 11.0. The summed E-state index contributed by atoms with van der Waals surface area (Å²) in [5, 5.41) is 0. The van der Waals surface area contributed by atoms with Crippen LogP contribution < -0.4 is 4.74 Å². The number of carbonyl (C=O) groups is 1. The number of hydrogen-bond acceptors (Lipinski definition) is 4. The van der Waals surface area contributed by atoms with Crippen LogP contribution in [0.5, 0.6) is 5.75 Å². The van der Waals surface area contributed by atoms with Gasteiger partial charge in [0.05, 0.1) is 7.11 Å². The molecule has 0 aliphatic heterocycles. The molecule has 0 heterocycles. The first kappa shape index (κ1) is 24.5.